The molecule has 2 aliphatic rings. The van der Waals surface area contributed by atoms with Gasteiger partial charge >= 0.3 is 0 Å². The maximum absolute atomic E-state index is 12.4. The molecular weight excluding hydrogens is 240 g/mol. The van der Waals surface area contributed by atoms with E-state index in [4.69, 9.17) is 0 Å². The average Bonchev–Trinajstić information content (AvgIpc) is 2.61. The van der Waals surface area contributed by atoms with Crippen LogP contribution in [0.5, 0.6) is 0 Å². The van der Waals surface area contributed by atoms with Crippen molar-refractivity contribution in [2.24, 2.45) is 0 Å². The molecule has 2 rings (SSSR count). The van der Waals surface area contributed by atoms with E-state index < -0.39 is 0 Å². The van der Waals surface area contributed by atoms with Crippen molar-refractivity contribution in [1.29, 1.82) is 0 Å². The quantitative estimate of drug-likeness (QED) is 0.796. The van der Waals surface area contributed by atoms with Crippen LogP contribution in [0.3, 0.4) is 0 Å². The first-order valence-corrected chi connectivity index (χ1v) is 7.87. The molecule has 0 saturated carbocycles. The maximum Gasteiger partial charge on any atom is 0.236 e. The lowest BCUT2D eigenvalue weighted by Crippen LogP contribution is -2.50. The highest BCUT2D eigenvalue weighted by atomic mass is 16.3. The molecule has 4 heteroatoms. The molecule has 2 saturated heterocycles. The van der Waals surface area contributed by atoms with Crippen LogP contribution < -0.4 is 0 Å². The zero-order valence-electron chi connectivity index (χ0n) is 12.3. The molecule has 0 aromatic rings. The lowest BCUT2D eigenvalue weighted by molar-refractivity contribution is -0.134. The number of amides is 1. The van der Waals surface area contributed by atoms with E-state index in [1.165, 1.54) is 0 Å². The van der Waals surface area contributed by atoms with E-state index in [9.17, 15) is 9.90 Å². The van der Waals surface area contributed by atoms with Crippen LogP contribution in [0.1, 0.15) is 52.4 Å². The fraction of sp³-hybridized carbons (Fsp3) is 0.933. The summed E-state index contributed by atoms with van der Waals surface area (Å²) in [7, 11) is 0. The summed E-state index contributed by atoms with van der Waals surface area (Å²) in [5, 5.41) is 9.80. The van der Waals surface area contributed by atoms with E-state index >= 15 is 0 Å². The highest BCUT2D eigenvalue weighted by molar-refractivity contribution is 5.78. The Bertz CT molecular complexity index is 289. The smallest absolute Gasteiger partial charge is 0.236 e. The first-order chi connectivity index (χ1) is 9.15. The Morgan fingerprint density at radius 1 is 1.16 bits per heavy atom. The number of nitrogens with zero attached hydrogens (tertiary/aromatic N) is 2. The van der Waals surface area contributed by atoms with Crippen LogP contribution in [0.15, 0.2) is 0 Å². The molecular formula is C15H28N2O2. The monoisotopic (exact) mass is 268 g/mol. The van der Waals surface area contributed by atoms with Crippen LogP contribution in [0.25, 0.3) is 0 Å². The van der Waals surface area contributed by atoms with Crippen molar-refractivity contribution in [2.75, 3.05) is 19.6 Å². The van der Waals surface area contributed by atoms with Crippen molar-refractivity contribution in [3.8, 4) is 0 Å². The van der Waals surface area contributed by atoms with Gasteiger partial charge in [-0.05, 0) is 38.5 Å². The molecule has 1 N–H and O–H groups in total. The number of rotatable bonds is 6. The lowest BCUT2D eigenvalue weighted by atomic mass is 10.00. The molecule has 2 fully saturated rings. The van der Waals surface area contributed by atoms with Crippen molar-refractivity contribution >= 4 is 5.91 Å². The van der Waals surface area contributed by atoms with Gasteiger partial charge in [-0.25, -0.2) is 0 Å². The van der Waals surface area contributed by atoms with Crippen LogP contribution >= 0.6 is 0 Å². The molecule has 0 aromatic heterocycles. The van der Waals surface area contributed by atoms with E-state index in [0.29, 0.717) is 18.6 Å². The summed E-state index contributed by atoms with van der Waals surface area (Å²) in [4.78, 5) is 16.8. The first-order valence-electron chi connectivity index (χ1n) is 7.87. The maximum atomic E-state index is 12.4. The van der Waals surface area contributed by atoms with Gasteiger partial charge in [0.1, 0.15) is 0 Å². The van der Waals surface area contributed by atoms with Gasteiger partial charge in [0.2, 0.25) is 5.91 Å². The Hall–Kier alpha value is -0.610. The van der Waals surface area contributed by atoms with Gasteiger partial charge in [0.05, 0.1) is 12.6 Å². The van der Waals surface area contributed by atoms with Gasteiger partial charge in [0, 0.05) is 25.2 Å². The van der Waals surface area contributed by atoms with E-state index in [-0.39, 0.29) is 12.0 Å². The Morgan fingerprint density at radius 3 is 2.16 bits per heavy atom. The fourth-order valence-corrected chi connectivity index (χ4v) is 3.66. The second-order valence-corrected chi connectivity index (χ2v) is 6.06. The number of aliphatic hydroxyl groups is 1. The van der Waals surface area contributed by atoms with Gasteiger partial charge in [0.15, 0.2) is 0 Å². The van der Waals surface area contributed by atoms with Gasteiger partial charge in [0.25, 0.3) is 0 Å². The molecule has 110 valence electrons. The van der Waals surface area contributed by atoms with Gasteiger partial charge in [-0.3, -0.25) is 9.69 Å². The van der Waals surface area contributed by atoms with E-state index in [1.807, 2.05) is 4.90 Å². The molecule has 0 aliphatic carbocycles. The summed E-state index contributed by atoms with van der Waals surface area (Å²) < 4.78 is 0. The van der Waals surface area contributed by atoms with Gasteiger partial charge in [-0.2, -0.15) is 0 Å². The summed E-state index contributed by atoms with van der Waals surface area (Å²) in [5.74, 6) is 0.275. The zero-order valence-corrected chi connectivity index (χ0v) is 12.3. The normalized spacial score (nSPS) is 30.6. The molecule has 4 nitrogen and oxygen atoms in total. The van der Waals surface area contributed by atoms with Crippen LogP contribution in [-0.2, 0) is 4.79 Å². The topological polar surface area (TPSA) is 43.8 Å². The minimum Gasteiger partial charge on any atom is -0.393 e. The van der Waals surface area contributed by atoms with Crippen molar-refractivity contribution in [1.82, 2.24) is 9.80 Å². The van der Waals surface area contributed by atoms with Crippen molar-refractivity contribution in [3.63, 3.8) is 0 Å². The molecule has 2 bridgehead atoms. The Balaban J connectivity index is 1.91. The summed E-state index contributed by atoms with van der Waals surface area (Å²) in [6.45, 7) is 6.55. The van der Waals surface area contributed by atoms with Gasteiger partial charge < -0.3 is 10.0 Å². The van der Waals surface area contributed by atoms with Crippen LogP contribution in [0, 0.1) is 0 Å². The molecule has 0 aromatic carbocycles. The number of hydrogen-bond acceptors (Lipinski definition) is 3. The first kappa shape index (κ1) is 14.8. The Labute approximate surface area is 116 Å². The summed E-state index contributed by atoms with van der Waals surface area (Å²) >= 11 is 0. The minimum atomic E-state index is -0.147. The lowest BCUT2D eigenvalue weighted by Gasteiger charge is -2.37. The fourth-order valence-electron chi connectivity index (χ4n) is 3.66. The van der Waals surface area contributed by atoms with E-state index in [2.05, 4.69) is 18.7 Å². The van der Waals surface area contributed by atoms with Crippen LogP contribution in [-0.4, -0.2) is 58.6 Å². The summed E-state index contributed by atoms with van der Waals surface area (Å²) in [6, 6.07) is 0.866. The second kappa shape index (κ2) is 6.71. The molecule has 0 radical (unpaired) electrons. The molecule has 2 atom stereocenters. The second-order valence-electron chi connectivity index (χ2n) is 6.06. The third kappa shape index (κ3) is 3.48. The van der Waals surface area contributed by atoms with Crippen molar-refractivity contribution in [2.45, 2.75) is 70.6 Å². The molecule has 2 unspecified atom stereocenters. The SMILES string of the molecule is CCCN(CCC)C(=O)CN1C2CCC1CC(O)C2. The number of carbonyl (C=O) groups excluding carboxylic acids is 1. The highest BCUT2D eigenvalue weighted by Gasteiger charge is 2.41. The molecule has 19 heavy (non-hydrogen) atoms. The minimum absolute atomic E-state index is 0.147. The van der Waals surface area contributed by atoms with Crippen LogP contribution in [0.2, 0.25) is 0 Å². The van der Waals surface area contributed by atoms with E-state index in [1.54, 1.807) is 0 Å². The number of carbonyl (C=O) groups is 1. The van der Waals surface area contributed by atoms with Gasteiger partial charge in [-0.1, -0.05) is 13.8 Å². The molecule has 2 heterocycles. The third-order valence-electron chi connectivity index (χ3n) is 4.52. The predicted molar refractivity (Wildman–Crippen MR) is 75.9 cm³/mol. The third-order valence-corrected chi connectivity index (χ3v) is 4.52. The largest absolute Gasteiger partial charge is 0.393 e. The number of hydrogen-bond donors (Lipinski definition) is 1. The predicted octanol–water partition coefficient (Wildman–Crippen LogP) is 1.62. The van der Waals surface area contributed by atoms with Gasteiger partial charge in [-0.15, -0.1) is 0 Å². The van der Waals surface area contributed by atoms with Crippen LogP contribution in [0.4, 0.5) is 0 Å². The number of piperidine rings is 1. The van der Waals surface area contributed by atoms with E-state index in [0.717, 1.165) is 51.6 Å². The zero-order chi connectivity index (χ0) is 13.8. The molecule has 2 aliphatic heterocycles. The van der Waals surface area contributed by atoms with Crippen molar-refractivity contribution in [3.05, 3.63) is 0 Å². The molecule has 0 spiro atoms. The van der Waals surface area contributed by atoms with Crippen molar-refractivity contribution < 1.29 is 9.90 Å². The number of fused-ring (bicyclic) bond motifs is 2. The summed E-state index contributed by atoms with van der Waals surface area (Å²) in [6.07, 6.45) is 5.91. The summed E-state index contributed by atoms with van der Waals surface area (Å²) in [5.41, 5.74) is 0. The Kier molecular flexibility index (Phi) is 5.22. The Morgan fingerprint density at radius 2 is 1.68 bits per heavy atom. The highest BCUT2D eigenvalue weighted by Crippen LogP contribution is 2.35. The standard InChI is InChI=1S/C15H28N2O2/c1-3-7-16(8-4-2)15(19)11-17-12-5-6-13(17)10-14(18)9-12/h12-14,18H,3-11H2,1-2H3. The molecule has 1 amide bonds. The average molecular weight is 268 g/mol. The number of aliphatic hydroxyl groups excluding tert-OH is 1.